The summed E-state index contributed by atoms with van der Waals surface area (Å²) in [4.78, 5) is 36.3. The van der Waals surface area contributed by atoms with Gasteiger partial charge in [-0.05, 0) is 36.4 Å². The van der Waals surface area contributed by atoms with Gasteiger partial charge in [-0.25, -0.2) is 9.80 Å². The van der Waals surface area contributed by atoms with E-state index in [0.29, 0.717) is 22.0 Å². The first-order valence-electron chi connectivity index (χ1n) is 8.05. The van der Waals surface area contributed by atoms with Gasteiger partial charge in [0.05, 0.1) is 17.8 Å². The fourth-order valence-corrected chi connectivity index (χ4v) is 2.47. The van der Waals surface area contributed by atoms with Crippen molar-refractivity contribution in [1.82, 2.24) is 9.91 Å². The Balaban J connectivity index is 0.00000280. The molecule has 1 aliphatic heterocycles. The Bertz CT molecular complexity index is 961. The van der Waals surface area contributed by atoms with Gasteiger partial charge in [0.15, 0.2) is 0 Å². The van der Waals surface area contributed by atoms with E-state index in [1.165, 1.54) is 6.21 Å². The van der Waals surface area contributed by atoms with Crippen LogP contribution in [0.2, 0.25) is 0 Å². The standard InChI is InChI=1S/C18H15N5O4.ClH/c19-8-7-16(24)23-17(25)11-22(18(23)26)21-10-14-5-6-15(27-14)13-3-1-12(9-20)2-4-13;/h1-6,10H,7-8,11,19H2;1H/b21-10+;. The monoisotopic (exact) mass is 401 g/mol. The third-order valence-corrected chi connectivity index (χ3v) is 3.80. The summed E-state index contributed by atoms with van der Waals surface area (Å²) in [6.45, 7) is -0.279. The van der Waals surface area contributed by atoms with Gasteiger partial charge in [0.1, 0.15) is 18.1 Å². The van der Waals surface area contributed by atoms with E-state index >= 15 is 0 Å². The molecule has 144 valence electrons. The summed E-state index contributed by atoms with van der Waals surface area (Å²) in [5, 5.41) is 13.6. The Kier molecular flexibility index (Phi) is 6.65. The van der Waals surface area contributed by atoms with Gasteiger partial charge in [-0.1, -0.05) is 0 Å². The fourth-order valence-electron chi connectivity index (χ4n) is 2.47. The maximum absolute atomic E-state index is 12.1. The molecule has 1 aromatic heterocycles. The SMILES string of the molecule is Cl.N#Cc1ccc(-c2ccc(/C=N/N3CC(=O)N(C(=O)CCN)C3=O)o2)cc1. The van der Waals surface area contributed by atoms with Gasteiger partial charge in [-0.2, -0.15) is 15.3 Å². The number of imide groups is 3. The Hall–Kier alpha value is -3.48. The lowest BCUT2D eigenvalue weighted by molar-refractivity contribution is -0.138. The van der Waals surface area contributed by atoms with Gasteiger partial charge >= 0.3 is 6.03 Å². The number of nitriles is 1. The molecule has 10 heteroatoms. The van der Waals surface area contributed by atoms with Crippen molar-refractivity contribution in [3.63, 3.8) is 0 Å². The van der Waals surface area contributed by atoms with Crippen molar-refractivity contribution >= 4 is 36.5 Å². The van der Waals surface area contributed by atoms with Gasteiger partial charge in [-0.15, -0.1) is 12.4 Å². The molecule has 0 aliphatic carbocycles. The van der Waals surface area contributed by atoms with E-state index in [4.69, 9.17) is 15.4 Å². The highest BCUT2D eigenvalue weighted by Crippen LogP contribution is 2.22. The van der Waals surface area contributed by atoms with Crippen LogP contribution in [0.1, 0.15) is 17.7 Å². The first-order valence-corrected chi connectivity index (χ1v) is 8.05. The molecular weight excluding hydrogens is 386 g/mol. The number of carbonyl (C=O) groups excluding carboxylic acids is 3. The fraction of sp³-hybridized carbons (Fsp3) is 0.167. The number of urea groups is 1. The molecule has 9 nitrogen and oxygen atoms in total. The van der Waals surface area contributed by atoms with Crippen LogP contribution in [-0.4, -0.2) is 47.1 Å². The Morgan fingerprint density at radius 3 is 2.61 bits per heavy atom. The third kappa shape index (κ3) is 4.25. The molecule has 2 aromatic rings. The molecule has 1 fully saturated rings. The molecule has 1 aromatic carbocycles. The lowest BCUT2D eigenvalue weighted by Gasteiger charge is -2.11. The molecule has 0 saturated carbocycles. The van der Waals surface area contributed by atoms with Crippen molar-refractivity contribution in [2.24, 2.45) is 10.8 Å². The molecule has 3 rings (SSSR count). The van der Waals surface area contributed by atoms with E-state index in [1.54, 1.807) is 36.4 Å². The summed E-state index contributed by atoms with van der Waals surface area (Å²) in [6.07, 6.45) is 1.19. The molecule has 0 radical (unpaired) electrons. The highest BCUT2D eigenvalue weighted by Gasteiger charge is 2.40. The molecular formula is C18H16ClN5O4. The van der Waals surface area contributed by atoms with E-state index in [0.717, 1.165) is 10.6 Å². The number of carbonyl (C=O) groups is 3. The minimum atomic E-state index is -0.812. The number of halogens is 1. The van der Waals surface area contributed by atoms with Crippen LogP contribution in [0.3, 0.4) is 0 Å². The second kappa shape index (κ2) is 8.94. The second-order valence-corrected chi connectivity index (χ2v) is 5.64. The van der Waals surface area contributed by atoms with Crippen molar-refractivity contribution in [2.75, 3.05) is 13.1 Å². The van der Waals surface area contributed by atoms with Crippen LogP contribution in [-0.2, 0) is 9.59 Å². The maximum atomic E-state index is 12.1. The summed E-state index contributed by atoms with van der Waals surface area (Å²) in [5.41, 5.74) is 6.60. The zero-order chi connectivity index (χ0) is 19.4. The number of nitrogens with zero attached hydrogens (tertiary/aromatic N) is 4. The predicted molar refractivity (Wildman–Crippen MR) is 101 cm³/mol. The predicted octanol–water partition coefficient (Wildman–Crippen LogP) is 1.71. The first-order chi connectivity index (χ1) is 13.0. The van der Waals surface area contributed by atoms with Gasteiger partial charge < -0.3 is 10.2 Å². The summed E-state index contributed by atoms with van der Waals surface area (Å²) in [6, 6.07) is 11.4. The van der Waals surface area contributed by atoms with Crippen molar-refractivity contribution < 1.29 is 18.8 Å². The van der Waals surface area contributed by atoms with E-state index in [2.05, 4.69) is 5.10 Å². The van der Waals surface area contributed by atoms with Crippen LogP contribution in [0.25, 0.3) is 11.3 Å². The van der Waals surface area contributed by atoms with Crippen molar-refractivity contribution in [3.05, 3.63) is 47.7 Å². The molecule has 0 bridgehead atoms. The minimum Gasteiger partial charge on any atom is -0.455 e. The molecule has 4 amide bonds. The van der Waals surface area contributed by atoms with Crippen molar-refractivity contribution in [1.29, 1.82) is 5.26 Å². The van der Waals surface area contributed by atoms with Crippen LogP contribution >= 0.6 is 12.4 Å². The number of hydrazone groups is 1. The van der Waals surface area contributed by atoms with E-state index in [-0.39, 0.29) is 31.9 Å². The van der Waals surface area contributed by atoms with Gasteiger partial charge in [0, 0.05) is 18.5 Å². The number of hydrogen-bond acceptors (Lipinski definition) is 7. The van der Waals surface area contributed by atoms with Gasteiger partial charge in [-0.3, -0.25) is 9.59 Å². The normalized spacial score (nSPS) is 13.7. The van der Waals surface area contributed by atoms with E-state index in [1.807, 2.05) is 6.07 Å². The number of rotatable bonds is 5. The number of benzene rings is 1. The quantitative estimate of drug-likeness (QED) is 0.598. The lowest BCUT2D eigenvalue weighted by Crippen LogP contribution is -2.38. The second-order valence-electron chi connectivity index (χ2n) is 5.64. The van der Waals surface area contributed by atoms with Crippen LogP contribution in [0.5, 0.6) is 0 Å². The number of furan rings is 1. The van der Waals surface area contributed by atoms with Crippen LogP contribution in [0.15, 0.2) is 45.9 Å². The van der Waals surface area contributed by atoms with Crippen LogP contribution < -0.4 is 5.73 Å². The average Bonchev–Trinajstić information content (AvgIpc) is 3.24. The number of amides is 4. The van der Waals surface area contributed by atoms with Gasteiger partial charge in [0.25, 0.3) is 5.91 Å². The van der Waals surface area contributed by atoms with E-state index in [9.17, 15) is 14.4 Å². The Labute approximate surface area is 166 Å². The van der Waals surface area contributed by atoms with Gasteiger partial charge in [0.2, 0.25) is 5.91 Å². The van der Waals surface area contributed by atoms with Crippen molar-refractivity contribution in [2.45, 2.75) is 6.42 Å². The summed E-state index contributed by atoms with van der Waals surface area (Å²) in [7, 11) is 0. The maximum Gasteiger partial charge on any atom is 0.354 e. The smallest absolute Gasteiger partial charge is 0.354 e. The zero-order valence-corrected chi connectivity index (χ0v) is 15.4. The molecule has 2 heterocycles. The lowest BCUT2D eigenvalue weighted by atomic mass is 10.1. The average molecular weight is 402 g/mol. The highest BCUT2D eigenvalue weighted by atomic mass is 35.5. The summed E-state index contributed by atoms with van der Waals surface area (Å²) in [5.74, 6) is -0.370. The molecule has 0 atom stereocenters. The molecule has 2 N–H and O–H groups in total. The Morgan fingerprint density at radius 2 is 1.96 bits per heavy atom. The Morgan fingerprint density at radius 1 is 1.25 bits per heavy atom. The van der Waals surface area contributed by atoms with Crippen LogP contribution in [0.4, 0.5) is 4.79 Å². The first kappa shape index (κ1) is 20.8. The molecule has 1 aliphatic rings. The summed E-state index contributed by atoms with van der Waals surface area (Å²) >= 11 is 0. The largest absolute Gasteiger partial charge is 0.455 e. The highest BCUT2D eigenvalue weighted by molar-refractivity contribution is 6.15. The molecule has 0 spiro atoms. The molecule has 0 unspecified atom stereocenters. The van der Waals surface area contributed by atoms with E-state index < -0.39 is 17.8 Å². The van der Waals surface area contributed by atoms with Crippen molar-refractivity contribution in [3.8, 4) is 17.4 Å². The zero-order valence-electron chi connectivity index (χ0n) is 14.6. The summed E-state index contributed by atoms with van der Waals surface area (Å²) < 4.78 is 5.63. The molecule has 1 saturated heterocycles. The molecule has 28 heavy (non-hydrogen) atoms. The van der Waals surface area contributed by atoms with Crippen LogP contribution in [0, 0.1) is 11.3 Å². The topological polar surface area (TPSA) is 133 Å². The minimum absolute atomic E-state index is 0. The third-order valence-electron chi connectivity index (χ3n) is 3.80. The number of nitrogens with two attached hydrogens (primary N) is 1. The number of hydrogen-bond donors (Lipinski definition) is 1.